The maximum absolute atomic E-state index is 13.9. The van der Waals surface area contributed by atoms with E-state index in [0.29, 0.717) is 5.69 Å². The van der Waals surface area contributed by atoms with Crippen LogP contribution in [0.5, 0.6) is 0 Å². The van der Waals surface area contributed by atoms with Crippen LogP contribution in [0, 0.1) is 11.6 Å². The second-order valence-corrected chi connectivity index (χ2v) is 5.26. The van der Waals surface area contributed by atoms with Crippen LogP contribution in [0.2, 0.25) is 0 Å². The Labute approximate surface area is 113 Å². The third-order valence-corrected chi connectivity index (χ3v) is 4.22. The normalized spacial score (nSPS) is 19.3. The van der Waals surface area contributed by atoms with Crippen molar-refractivity contribution in [2.24, 2.45) is 0 Å². The topological polar surface area (TPSA) is 15.3 Å². The molecule has 1 aromatic rings. The molecule has 1 heterocycles. The predicted molar refractivity (Wildman–Crippen MR) is 74.5 cm³/mol. The molecule has 0 radical (unpaired) electrons. The molecule has 1 aliphatic rings. The summed E-state index contributed by atoms with van der Waals surface area (Å²) in [4.78, 5) is 1.98. The van der Waals surface area contributed by atoms with Crippen LogP contribution in [-0.4, -0.2) is 25.2 Å². The smallest absolute Gasteiger partial charge is 0.182 e. The standard InChI is InChI=1S/C15H22F2N2/c1-3-15(4-2)11-19(10-6-9-18-15)13-8-5-7-12(16)14(13)17/h5,7-8,18H,3-4,6,9-11H2,1-2H3. The van der Waals surface area contributed by atoms with Gasteiger partial charge in [-0.25, -0.2) is 8.78 Å². The minimum absolute atomic E-state index is 0.00470. The maximum Gasteiger partial charge on any atom is 0.182 e. The Morgan fingerprint density at radius 1 is 1.26 bits per heavy atom. The summed E-state index contributed by atoms with van der Waals surface area (Å²) in [6, 6.07) is 4.41. The summed E-state index contributed by atoms with van der Waals surface area (Å²) in [7, 11) is 0. The van der Waals surface area contributed by atoms with Crippen LogP contribution in [0.3, 0.4) is 0 Å². The molecule has 1 saturated heterocycles. The zero-order valence-corrected chi connectivity index (χ0v) is 11.7. The molecule has 1 fully saturated rings. The van der Waals surface area contributed by atoms with Crippen LogP contribution in [0.15, 0.2) is 18.2 Å². The predicted octanol–water partition coefficient (Wildman–Crippen LogP) is 3.32. The first kappa shape index (κ1) is 14.3. The summed E-state index contributed by atoms with van der Waals surface area (Å²) < 4.78 is 27.3. The fourth-order valence-electron chi connectivity index (χ4n) is 2.79. The van der Waals surface area contributed by atoms with Crippen molar-refractivity contribution in [1.29, 1.82) is 0 Å². The van der Waals surface area contributed by atoms with Crippen molar-refractivity contribution >= 4 is 5.69 Å². The summed E-state index contributed by atoms with van der Waals surface area (Å²) in [6.07, 6.45) is 2.91. The number of halogens is 2. The van der Waals surface area contributed by atoms with Gasteiger partial charge in [-0.2, -0.15) is 0 Å². The quantitative estimate of drug-likeness (QED) is 0.904. The highest BCUT2D eigenvalue weighted by Crippen LogP contribution is 2.27. The van der Waals surface area contributed by atoms with Crippen LogP contribution < -0.4 is 10.2 Å². The molecule has 106 valence electrons. The van der Waals surface area contributed by atoms with Crippen LogP contribution in [0.4, 0.5) is 14.5 Å². The Balaban J connectivity index is 2.30. The van der Waals surface area contributed by atoms with E-state index in [1.165, 1.54) is 6.07 Å². The molecule has 19 heavy (non-hydrogen) atoms. The van der Waals surface area contributed by atoms with Crippen LogP contribution in [-0.2, 0) is 0 Å². The summed E-state index contributed by atoms with van der Waals surface area (Å²) in [5.41, 5.74) is 0.380. The lowest BCUT2D eigenvalue weighted by atomic mass is 9.92. The second-order valence-electron chi connectivity index (χ2n) is 5.26. The average molecular weight is 268 g/mol. The van der Waals surface area contributed by atoms with Crippen molar-refractivity contribution in [2.45, 2.75) is 38.6 Å². The highest BCUT2D eigenvalue weighted by atomic mass is 19.2. The number of rotatable bonds is 3. The van der Waals surface area contributed by atoms with Gasteiger partial charge in [0.1, 0.15) is 0 Å². The molecule has 4 heteroatoms. The van der Waals surface area contributed by atoms with Crippen molar-refractivity contribution in [3.63, 3.8) is 0 Å². The molecular formula is C15H22F2N2. The number of hydrogen-bond donors (Lipinski definition) is 1. The van der Waals surface area contributed by atoms with Crippen LogP contribution in [0.25, 0.3) is 0 Å². The Morgan fingerprint density at radius 3 is 2.68 bits per heavy atom. The van der Waals surface area contributed by atoms with E-state index in [9.17, 15) is 8.78 Å². The number of anilines is 1. The van der Waals surface area contributed by atoms with Crippen molar-refractivity contribution in [3.8, 4) is 0 Å². The van der Waals surface area contributed by atoms with Gasteiger partial charge in [-0.1, -0.05) is 19.9 Å². The molecule has 0 atom stereocenters. The van der Waals surface area contributed by atoms with Gasteiger partial charge in [-0.15, -0.1) is 0 Å². The molecule has 0 aliphatic carbocycles. The number of nitrogens with zero attached hydrogens (tertiary/aromatic N) is 1. The minimum atomic E-state index is -0.770. The lowest BCUT2D eigenvalue weighted by Gasteiger charge is -2.36. The molecule has 1 N–H and O–H groups in total. The van der Waals surface area contributed by atoms with Crippen molar-refractivity contribution < 1.29 is 8.78 Å². The largest absolute Gasteiger partial charge is 0.367 e. The van der Waals surface area contributed by atoms with E-state index in [1.54, 1.807) is 12.1 Å². The second kappa shape index (κ2) is 5.87. The van der Waals surface area contributed by atoms with E-state index in [-0.39, 0.29) is 5.54 Å². The Kier molecular flexibility index (Phi) is 4.40. The third kappa shape index (κ3) is 2.89. The molecule has 0 unspecified atom stereocenters. The fourth-order valence-corrected chi connectivity index (χ4v) is 2.79. The van der Waals surface area contributed by atoms with Gasteiger partial charge in [0, 0.05) is 18.6 Å². The van der Waals surface area contributed by atoms with E-state index in [0.717, 1.165) is 38.9 Å². The number of hydrogen-bond acceptors (Lipinski definition) is 2. The van der Waals surface area contributed by atoms with Crippen LogP contribution >= 0.6 is 0 Å². The highest BCUT2D eigenvalue weighted by Gasteiger charge is 2.31. The van der Waals surface area contributed by atoms with E-state index in [2.05, 4.69) is 19.2 Å². The summed E-state index contributed by atoms with van der Waals surface area (Å²) >= 11 is 0. The zero-order valence-electron chi connectivity index (χ0n) is 11.7. The minimum Gasteiger partial charge on any atom is -0.367 e. The molecule has 0 saturated carbocycles. The lowest BCUT2D eigenvalue weighted by Crippen LogP contribution is -2.50. The van der Waals surface area contributed by atoms with Crippen molar-refractivity contribution in [3.05, 3.63) is 29.8 Å². The third-order valence-electron chi connectivity index (χ3n) is 4.22. The highest BCUT2D eigenvalue weighted by molar-refractivity contribution is 5.48. The Morgan fingerprint density at radius 2 is 2.00 bits per heavy atom. The monoisotopic (exact) mass is 268 g/mol. The van der Waals surface area contributed by atoms with Gasteiger partial charge in [0.25, 0.3) is 0 Å². The van der Waals surface area contributed by atoms with Gasteiger partial charge < -0.3 is 10.2 Å². The Bertz CT molecular complexity index is 430. The van der Waals surface area contributed by atoms with E-state index < -0.39 is 11.6 Å². The summed E-state index contributed by atoms with van der Waals surface area (Å²) in [6.45, 7) is 6.69. The Hall–Kier alpha value is -1.16. The first-order chi connectivity index (χ1) is 9.12. The number of benzene rings is 1. The first-order valence-electron chi connectivity index (χ1n) is 7.06. The summed E-state index contributed by atoms with van der Waals surface area (Å²) in [5.74, 6) is -1.50. The SMILES string of the molecule is CCC1(CC)CN(c2cccc(F)c2F)CCCN1. The fraction of sp³-hybridized carbons (Fsp3) is 0.600. The van der Waals surface area contributed by atoms with Gasteiger partial charge in [-0.05, 0) is 37.9 Å². The van der Waals surface area contributed by atoms with Crippen molar-refractivity contribution in [2.75, 3.05) is 24.5 Å². The maximum atomic E-state index is 13.9. The van der Waals surface area contributed by atoms with Gasteiger partial charge >= 0.3 is 0 Å². The number of nitrogens with one attached hydrogen (secondary N) is 1. The van der Waals surface area contributed by atoms with E-state index in [4.69, 9.17) is 0 Å². The van der Waals surface area contributed by atoms with Crippen LogP contribution in [0.1, 0.15) is 33.1 Å². The average Bonchev–Trinajstić information content (AvgIpc) is 2.65. The molecule has 0 spiro atoms. The van der Waals surface area contributed by atoms with Gasteiger partial charge in [0.15, 0.2) is 11.6 Å². The molecule has 2 rings (SSSR count). The van der Waals surface area contributed by atoms with E-state index >= 15 is 0 Å². The molecule has 0 bridgehead atoms. The molecule has 0 amide bonds. The lowest BCUT2D eigenvalue weighted by molar-refractivity contribution is 0.321. The summed E-state index contributed by atoms with van der Waals surface area (Å²) in [5, 5.41) is 3.57. The molecule has 1 aliphatic heterocycles. The van der Waals surface area contributed by atoms with E-state index in [1.807, 2.05) is 4.90 Å². The van der Waals surface area contributed by atoms with Gasteiger partial charge in [-0.3, -0.25) is 0 Å². The van der Waals surface area contributed by atoms with Crippen molar-refractivity contribution in [1.82, 2.24) is 5.32 Å². The molecule has 0 aromatic heterocycles. The molecule has 1 aromatic carbocycles. The molecular weight excluding hydrogens is 246 g/mol. The first-order valence-corrected chi connectivity index (χ1v) is 7.06. The zero-order chi connectivity index (χ0) is 13.9. The van der Waals surface area contributed by atoms with Gasteiger partial charge in [0.05, 0.1) is 5.69 Å². The molecule has 2 nitrogen and oxygen atoms in total. The van der Waals surface area contributed by atoms with Gasteiger partial charge in [0.2, 0.25) is 0 Å².